The Morgan fingerprint density at radius 2 is 1.85 bits per heavy atom. The number of fused-ring (bicyclic) bond motifs is 2. The predicted molar refractivity (Wildman–Crippen MR) is 76.5 cm³/mol. The summed E-state index contributed by atoms with van der Waals surface area (Å²) in [6.45, 7) is 5.02. The van der Waals surface area contributed by atoms with Gasteiger partial charge in [-0.3, -0.25) is 4.79 Å². The van der Waals surface area contributed by atoms with E-state index in [1.54, 1.807) is 0 Å². The van der Waals surface area contributed by atoms with Crippen molar-refractivity contribution in [1.29, 1.82) is 0 Å². The Morgan fingerprint density at radius 1 is 1.25 bits per heavy atom. The second-order valence-corrected chi connectivity index (χ2v) is 6.64. The molecule has 2 N–H and O–H groups in total. The van der Waals surface area contributed by atoms with Crippen LogP contribution in [0.2, 0.25) is 0 Å². The van der Waals surface area contributed by atoms with Gasteiger partial charge in [-0.25, -0.2) is 4.79 Å². The van der Waals surface area contributed by atoms with E-state index in [0.717, 1.165) is 38.6 Å². The number of hydrogen-bond acceptors (Lipinski definition) is 2. The molecule has 2 rings (SSSR count). The number of urea groups is 1. The van der Waals surface area contributed by atoms with Gasteiger partial charge in [0.15, 0.2) is 0 Å². The molecule has 2 heterocycles. The fourth-order valence-corrected chi connectivity index (χ4v) is 3.59. The largest absolute Gasteiger partial charge is 0.481 e. The van der Waals surface area contributed by atoms with E-state index in [1.807, 2.05) is 4.90 Å². The molecule has 0 spiro atoms. The molecular weight excluding hydrogens is 256 g/mol. The maximum Gasteiger partial charge on any atom is 0.317 e. The van der Waals surface area contributed by atoms with Crippen molar-refractivity contribution in [2.45, 2.75) is 64.5 Å². The number of nitrogens with zero attached hydrogens (tertiary/aromatic N) is 1. The molecule has 2 unspecified atom stereocenters. The van der Waals surface area contributed by atoms with Crippen molar-refractivity contribution < 1.29 is 14.7 Å². The summed E-state index contributed by atoms with van der Waals surface area (Å²) >= 11 is 0. The Labute approximate surface area is 120 Å². The third-order valence-corrected chi connectivity index (χ3v) is 4.53. The summed E-state index contributed by atoms with van der Waals surface area (Å²) in [6.07, 6.45) is 4.99. The van der Waals surface area contributed by atoms with Gasteiger partial charge in [-0.15, -0.1) is 0 Å². The first-order valence-electron chi connectivity index (χ1n) is 7.75. The van der Waals surface area contributed by atoms with Crippen LogP contribution in [-0.4, -0.2) is 40.6 Å². The van der Waals surface area contributed by atoms with Crippen LogP contribution in [0.3, 0.4) is 0 Å². The van der Waals surface area contributed by atoms with Crippen LogP contribution in [-0.2, 0) is 4.79 Å². The second kappa shape index (κ2) is 6.46. The summed E-state index contributed by atoms with van der Waals surface area (Å²) in [5.41, 5.74) is 0. The molecule has 0 aromatic carbocycles. The molecule has 0 aliphatic carbocycles. The molecule has 2 atom stereocenters. The predicted octanol–water partition coefficient (Wildman–Crippen LogP) is 2.46. The molecule has 2 saturated heterocycles. The van der Waals surface area contributed by atoms with Crippen LogP contribution in [0.1, 0.15) is 52.4 Å². The fourth-order valence-electron chi connectivity index (χ4n) is 3.59. The Kier molecular flexibility index (Phi) is 4.89. The fraction of sp³-hybridized carbons (Fsp3) is 0.867. The second-order valence-electron chi connectivity index (χ2n) is 6.64. The van der Waals surface area contributed by atoms with Gasteiger partial charge in [0.1, 0.15) is 0 Å². The molecular formula is C15H26N2O3. The zero-order chi connectivity index (χ0) is 14.7. The molecule has 0 aromatic heterocycles. The van der Waals surface area contributed by atoms with Gasteiger partial charge in [0, 0.05) is 25.0 Å². The Hall–Kier alpha value is -1.26. The van der Waals surface area contributed by atoms with Gasteiger partial charge < -0.3 is 15.3 Å². The SMILES string of the molecule is CC(C)CCNC(=O)N1C2CCC1CC(CC(=O)O)C2. The number of amides is 2. The molecule has 2 aliphatic rings. The quantitative estimate of drug-likeness (QED) is 0.813. The van der Waals surface area contributed by atoms with E-state index in [0.29, 0.717) is 5.92 Å². The Balaban J connectivity index is 1.85. The number of nitrogens with one attached hydrogen (secondary N) is 1. The highest BCUT2D eigenvalue weighted by Gasteiger charge is 2.43. The molecule has 5 heteroatoms. The highest BCUT2D eigenvalue weighted by atomic mass is 16.4. The number of carboxylic acids is 1. The van der Waals surface area contributed by atoms with Crippen molar-refractivity contribution in [2.75, 3.05) is 6.54 Å². The number of rotatable bonds is 5. The van der Waals surface area contributed by atoms with Gasteiger partial charge in [-0.1, -0.05) is 13.8 Å². The molecule has 114 valence electrons. The van der Waals surface area contributed by atoms with Crippen molar-refractivity contribution in [1.82, 2.24) is 10.2 Å². The topological polar surface area (TPSA) is 69.6 Å². The molecule has 5 nitrogen and oxygen atoms in total. The van der Waals surface area contributed by atoms with Crippen molar-refractivity contribution in [3.05, 3.63) is 0 Å². The number of aliphatic carboxylic acids is 1. The van der Waals surface area contributed by atoms with Crippen LogP contribution < -0.4 is 5.32 Å². The summed E-state index contributed by atoms with van der Waals surface area (Å²) in [4.78, 5) is 25.1. The first kappa shape index (κ1) is 15.1. The third kappa shape index (κ3) is 3.64. The first-order valence-corrected chi connectivity index (χ1v) is 7.75. The van der Waals surface area contributed by atoms with E-state index in [-0.39, 0.29) is 30.5 Å². The van der Waals surface area contributed by atoms with E-state index < -0.39 is 5.97 Å². The minimum absolute atomic E-state index is 0.0481. The lowest BCUT2D eigenvalue weighted by Crippen LogP contribution is -2.51. The minimum atomic E-state index is -0.718. The summed E-state index contributed by atoms with van der Waals surface area (Å²) in [5, 5.41) is 11.9. The maximum atomic E-state index is 12.3. The number of carboxylic acid groups (broad SMARTS) is 1. The molecule has 2 fully saturated rings. The minimum Gasteiger partial charge on any atom is -0.481 e. The van der Waals surface area contributed by atoms with Gasteiger partial charge in [-0.05, 0) is 43.9 Å². The first-order chi connectivity index (χ1) is 9.47. The van der Waals surface area contributed by atoms with Crippen LogP contribution in [0.4, 0.5) is 4.79 Å². The third-order valence-electron chi connectivity index (χ3n) is 4.53. The molecule has 20 heavy (non-hydrogen) atoms. The summed E-state index contributed by atoms with van der Waals surface area (Å²) < 4.78 is 0. The normalized spacial score (nSPS) is 28.8. The Morgan fingerprint density at radius 3 is 2.35 bits per heavy atom. The van der Waals surface area contributed by atoms with Crippen LogP contribution in [0, 0.1) is 11.8 Å². The lowest BCUT2D eigenvalue weighted by molar-refractivity contribution is -0.138. The lowest BCUT2D eigenvalue weighted by atomic mass is 9.88. The van der Waals surface area contributed by atoms with Crippen LogP contribution in [0.15, 0.2) is 0 Å². The molecule has 2 amide bonds. The van der Waals surface area contributed by atoms with Gasteiger partial charge in [0.25, 0.3) is 0 Å². The van der Waals surface area contributed by atoms with Gasteiger partial charge in [-0.2, -0.15) is 0 Å². The Bertz CT molecular complexity index is 356. The van der Waals surface area contributed by atoms with E-state index in [2.05, 4.69) is 19.2 Å². The lowest BCUT2D eigenvalue weighted by Gasteiger charge is -2.38. The highest BCUT2D eigenvalue weighted by Crippen LogP contribution is 2.39. The van der Waals surface area contributed by atoms with Crippen LogP contribution >= 0.6 is 0 Å². The molecule has 0 saturated carbocycles. The number of carbonyl (C=O) groups excluding carboxylic acids is 1. The van der Waals surface area contributed by atoms with E-state index >= 15 is 0 Å². The van der Waals surface area contributed by atoms with E-state index in [4.69, 9.17) is 5.11 Å². The average Bonchev–Trinajstić information content (AvgIpc) is 2.60. The monoisotopic (exact) mass is 282 g/mol. The van der Waals surface area contributed by atoms with Crippen molar-refractivity contribution >= 4 is 12.0 Å². The van der Waals surface area contributed by atoms with Gasteiger partial charge in [0.2, 0.25) is 0 Å². The van der Waals surface area contributed by atoms with Crippen LogP contribution in [0.25, 0.3) is 0 Å². The smallest absolute Gasteiger partial charge is 0.317 e. The molecule has 2 aliphatic heterocycles. The number of piperidine rings is 1. The van der Waals surface area contributed by atoms with Crippen LogP contribution in [0.5, 0.6) is 0 Å². The standard InChI is InChI=1S/C15H26N2O3/c1-10(2)5-6-16-15(20)17-12-3-4-13(17)8-11(7-12)9-14(18)19/h10-13H,3-9H2,1-2H3,(H,16,20)(H,18,19). The summed E-state index contributed by atoms with van der Waals surface area (Å²) in [5.74, 6) is 0.113. The zero-order valence-electron chi connectivity index (χ0n) is 12.5. The number of hydrogen-bond donors (Lipinski definition) is 2. The van der Waals surface area contributed by atoms with E-state index in [1.165, 1.54) is 0 Å². The summed E-state index contributed by atoms with van der Waals surface area (Å²) in [6, 6.07) is 0.543. The maximum absolute atomic E-state index is 12.3. The van der Waals surface area contributed by atoms with Crippen molar-refractivity contribution in [3.8, 4) is 0 Å². The zero-order valence-corrected chi connectivity index (χ0v) is 12.5. The molecule has 2 bridgehead atoms. The molecule has 0 aromatic rings. The van der Waals surface area contributed by atoms with E-state index in [9.17, 15) is 9.59 Å². The van der Waals surface area contributed by atoms with Crippen molar-refractivity contribution in [3.63, 3.8) is 0 Å². The molecule has 0 radical (unpaired) electrons. The highest BCUT2D eigenvalue weighted by molar-refractivity contribution is 5.75. The summed E-state index contributed by atoms with van der Waals surface area (Å²) in [7, 11) is 0. The number of carbonyl (C=O) groups is 2. The van der Waals surface area contributed by atoms with Gasteiger partial charge in [0.05, 0.1) is 0 Å². The van der Waals surface area contributed by atoms with Gasteiger partial charge >= 0.3 is 12.0 Å². The average molecular weight is 282 g/mol. The van der Waals surface area contributed by atoms with Crippen molar-refractivity contribution in [2.24, 2.45) is 11.8 Å².